The number of primary amides is 1. The van der Waals surface area contributed by atoms with Gasteiger partial charge in [0.25, 0.3) is 5.91 Å². The zero-order valence-corrected chi connectivity index (χ0v) is 22.4. The molecular formula is C30H28FN7O3. The van der Waals surface area contributed by atoms with Gasteiger partial charge in [0.15, 0.2) is 5.82 Å². The third-order valence-corrected chi connectivity index (χ3v) is 9.53. The number of aromatic nitrogens is 3. The second-order valence-corrected chi connectivity index (χ2v) is 11.8. The van der Waals surface area contributed by atoms with Gasteiger partial charge in [0, 0.05) is 37.0 Å². The number of aryl methyl sites for hydroxylation is 1. The lowest BCUT2D eigenvalue weighted by molar-refractivity contribution is 0.0598. The van der Waals surface area contributed by atoms with E-state index >= 15 is 4.39 Å². The number of hydrogen-bond donors (Lipinski definition) is 2. The van der Waals surface area contributed by atoms with Gasteiger partial charge >= 0.3 is 6.09 Å². The summed E-state index contributed by atoms with van der Waals surface area (Å²) in [5, 5.41) is 14.2. The van der Waals surface area contributed by atoms with Gasteiger partial charge in [-0.1, -0.05) is 6.07 Å². The van der Waals surface area contributed by atoms with Gasteiger partial charge in [-0.3, -0.25) is 4.79 Å². The Balaban J connectivity index is 1.23. The smallest absolute Gasteiger partial charge is 0.404 e. The minimum atomic E-state index is -0.845. The highest BCUT2D eigenvalue weighted by Gasteiger charge is 2.51. The van der Waals surface area contributed by atoms with Crippen molar-refractivity contribution in [3.05, 3.63) is 47.3 Å². The molecule has 208 valence electrons. The summed E-state index contributed by atoms with van der Waals surface area (Å²) in [5.74, 6) is 0.341. The fraction of sp³-hybridized carbons (Fsp3) is 0.400. The molecule has 10 nitrogen and oxygen atoms in total. The largest absolute Gasteiger partial charge is 0.444 e. The number of nitrogens with one attached hydrogen (secondary N) is 1. The van der Waals surface area contributed by atoms with Crippen molar-refractivity contribution in [1.82, 2.24) is 19.0 Å². The maximum atomic E-state index is 15.7. The predicted molar refractivity (Wildman–Crippen MR) is 149 cm³/mol. The molecule has 8 rings (SSSR count). The monoisotopic (exact) mass is 553 g/mol. The Hall–Kier alpha value is -4.59. The Labute approximate surface area is 234 Å². The number of anilines is 1. The molecule has 4 heterocycles. The number of ether oxygens (including phenoxy) is 1. The van der Waals surface area contributed by atoms with E-state index in [1.54, 1.807) is 22.6 Å². The van der Waals surface area contributed by atoms with Crippen molar-refractivity contribution in [3.8, 4) is 17.6 Å². The number of nitriles is 1. The number of carbonyl (C=O) groups excluding carboxylic acids is 2. The summed E-state index contributed by atoms with van der Waals surface area (Å²) >= 11 is 0. The zero-order chi connectivity index (χ0) is 28.2. The quantitative estimate of drug-likeness (QED) is 0.388. The average molecular weight is 554 g/mol. The van der Waals surface area contributed by atoms with Crippen LogP contribution in [-0.2, 0) is 11.8 Å². The van der Waals surface area contributed by atoms with Crippen LogP contribution in [0.5, 0.6) is 0 Å². The average Bonchev–Trinajstić information content (AvgIpc) is 3.37. The highest BCUT2D eigenvalue weighted by molar-refractivity contribution is 6.01. The molecule has 1 saturated heterocycles. The maximum absolute atomic E-state index is 15.7. The lowest BCUT2D eigenvalue weighted by atomic mass is 10.1. The van der Waals surface area contributed by atoms with Crippen LogP contribution in [0, 0.1) is 29.0 Å². The summed E-state index contributed by atoms with van der Waals surface area (Å²) in [5.41, 5.74) is 9.45. The first kappa shape index (κ1) is 24.2. The van der Waals surface area contributed by atoms with Gasteiger partial charge in [0.05, 0.1) is 40.1 Å². The lowest BCUT2D eigenvalue weighted by Gasteiger charge is -2.29. The fourth-order valence-corrected chi connectivity index (χ4v) is 7.57. The van der Waals surface area contributed by atoms with Crippen LogP contribution in [0.15, 0.2) is 30.3 Å². The number of piperidine rings is 1. The Kier molecular flexibility index (Phi) is 5.00. The van der Waals surface area contributed by atoms with Gasteiger partial charge in [-0.05, 0) is 55.9 Å². The minimum Gasteiger partial charge on any atom is -0.444 e. The summed E-state index contributed by atoms with van der Waals surface area (Å²) in [7, 11) is 1.79. The van der Waals surface area contributed by atoms with E-state index in [1.165, 1.54) is 6.07 Å². The summed E-state index contributed by atoms with van der Waals surface area (Å²) in [6.07, 6.45) is 2.58. The Morgan fingerprint density at radius 3 is 2.68 bits per heavy atom. The van der Waals surface area contributed by atoms with Gasteiger partial charge in [-0.15, -0.1) is 0 Å². The molecule has 3 N–H and O–H groups in total. The van der Waals surface area contributed by atoms with Gasteiger partial charge < -0.3 is 29.8 Å². The van der Waals surface area contributed by atoms with Crippen LogP contribution in [0.4, 0.5) is 14.9 Å². The van der Waals surface area contributed by atoms with E-state index in [1.807, 2.05) is 12.1 Å². The Morgan fingerprint density at radius 1 is 1.12 bits per heavy atom. The molecule has 0 spiro atoms. The second kappa shape index (κ2) is 8.46. The van der Waals surface area contributed by atoms with E-state index in [4.69, 9.17) is 15.5 Å². The van der Waals surface area contributed by atoms with E-state index in [9.17, 15) is 14.9 Å². The number of imidazole rings is 1. The molecule has 2 amide bonds. The van der Waals surface area contributed by atoms with Crippen molar-refractivity contribution in [2.24, 2.45) is 24.6 Å². The number of likely N-dealkylation sites (tertiary alicyclic amines) is 1. The van der Waals surface area contributed by atoms with E-state index < -0.39 is 18.0 Å². The van der Waals surface area contributed by atoms with Crippen LogP contribution in [0.3, 0.4) is 0 Å². The van der Waals surface area contributed by atoms with Crippen molar-refractivity contribution in [2.75, 3.05) is 18.4 Å². The number of halogens is 1. The normalized spacial score (nSPS) is 24.6. The van der Waals surface area contributed by atoms with Gasteiger partial charge in [-0.25, -0.2) is 14.2 Å². The summed E-state index contributed by atoms with van der Waals surface area (Å²) in [6, 6.07) is 11.0. The highest BCUT2D eigenvalue weighted by atomic mass is 19.1. The van der Waals surface area contributed by atoms with Crippen molar-refractivity contribution in [3.63, 3.8) is 0 Å². The molecule has 11 heteroatoms. The predicted octanol–water partition coefficient (Wildman–Crippen LogP) is 4.28. The molecule has 3 fully saturated rings. The first-order chi connectivity index (χ1) is 19.8. The van der Waals surface area contributed by atoms with E-state index in [0.29, 0.717) is 47.8 Å². The molecule has 2 aromatic carbocycles. The molecule has 2 aliphatic carbocycles. The lowest BCUT2D eigenvalue weighted by Crippen LogP contribution is -2.40. The number of carbonyl (C=O) groups is 2. The Bertz CT molecular complexity index is 1850. The van der Waals surface area contributed by atoms with Crippen molar-refractivity contribution >= 4 is 39.6 Å². The maximum Gasteiger partial charge on any atom is 0.404 e. The van der Waals surface area contributed by atoms with Crippen LogP contribution < -0.4 is 11.1 Å². The van der Waals surface area contributed by atoms with E-state index in [0.717, 1.165) is 41.5 Å². The van der Waals surface area contributed by atoms with Crippen molar-refractivity contribution in [1.29, 1.82) is 5.26 Å². The SMILES string of the molecule is Cn1c(-c2cc3ccc(C#N)c4c3n2C(C2CC2)CN4)nc2cc(C(=O)N3C[C@H]4CC[C@@H]3[C@@H]4OC(N)=O)cc(F)c21. The molecule has 4 aromatic rings. The summed E-state index contributed by atoms with van der Waals surface area (Å²) in [4.78, 5) is 31.6. The van der Waals surface area contributed by atoms with Crippen LogP contribution >= 0.6 is 0 Å². The van der Waals surface area contributed by atoms with Crippen LogP contribution in [-0.4, -0.2) is 56.3 Å². The molecule has 2 saturated carbocycles. The fourth-order valence-electron chi connectivity index (χ4n) is 7.57. The molecule has 4 aliphatic rings. The zero-order valence-electron chi connectivity index (χ0n) is 22.4. The number of nitrogens with two attached hydrogens (primary N) is 1. The number of benzene rings is 2. The topological polar surface area (TPSA) is 131 Å². The van der Waals surface area contributed by atoms with Crippen LogP contribution in [0.2, 0.25) is 0 Å². The highest BCUT2D eigenvalue weighted by Crippen LogP contribution is 2.48. The van der Waals surface area contributed by atoms with Crippen LogP contribution in [0.1, 0.15) is 47.6 Å². The molecule has 4 atom stereocenters. The van der Waals surface area contributed by atoms with Gasteiger partial charge in [0.1, 0.15) is 23.5 Å². The van der Waals surface area contributed by atoms with Crippen molar-refractivity contribution < 1.29 is 18.7 Å². The number of hydrogen-bond acceptors (Lipinski definition) is 6. The first-order valence-corrected chi connectivity index (χ1v) is 14.1. The number of fused-ring (bicyclic) bond motifs is 3. The van der Waals surface area contributed by atoms with Gasteiger partial charge in [0.2, 0.25) is 0 Å². The number of nitrogens with zero attached hydrogens (tertiary/aromatic N) is 5. The molecular weight excluding hydrogens is 525 g/mol. The molecule has 2 aromatic heterocycles. The number of amides is 2. The molecule has 0 radical (unpaired) electrons. The second-order valence-electron chi connectivity index (χ2n) is 11.8. The van der Waals surface area contributed by atoms with Crippen LogP contribution in [0.25, 0.3) is 33.5 Å². The van der Waals surface area contributed by atoms with E-state index in [-0.39, 0.29) is 29.5 Å². The van der Waals surface area contributed by atoms with Gasteiger partial charge in [-0.2, -0.15) is 5.26 Å². The van der Waals surface area contributed by atoms with Crippen molar-refractivity contribution in [2.45, 2.75) is 43.9 Å². The summed E-state index contributed by atoms with van der Waals surface area (Å²) in [6.45, 7) is 1.15. The Morgan fingerprint density at radius 2 is 1.93 bits per heavy atom. The molecule has 2 bridgehead atoms. The standard InChI is InChI=1S/C30H28FN7O3/c1-36-26-19(31)8-18(29(39)37-13-17-6-7-21(37)27(17)41-30(33)40)9-20(26)35-28(36)22-10-15-4-5-16(11-32)24-25(15)38(22)23(12-34-24)14-2-3-14/h4-5,8-10,14,17,21,23,27,34H,2-3,6-7,12-13H2,1H3,(H2,33,40)/t17-,21-,23?,27-/m1/s1. The molecule has 2 aliphatic heterocycles. The number of rotatable bonds is 4. The third kappa shape index (κ3) is 3.43. The molecule has 41 heavy (non-hydrogen) atoms. The minimum absolute atomic E-state index is 0.0345. The third-order valence-electron chi connectivity index (χ3n) is 9.53. The molecule has 1 unspecified atom stereocenters. The first-order valence-electron chi connectivity index (χ1n) is 14.1. The summed E-state index contributed by atoms with van der Waals surface area (Å²) < 4.78 is 25.1. The van der Waals surface area contributed by atoms with E-state index in [2.05, 4.69) is 22.0 Å².